The van der Waals surface area contributed by atoms with E-state index < -0.39 is 0 Å². The topological polar surface area (TPSA) is 59.9 Å². The maximum Gasteiger partial charge on any atom is 0.243 e. The van der Waals surface area contributed by atoms with Crippen LogP contribution in [0, 0.1) is 12.8 Å². The molecule has 1 saturated carbocycles. The predicted molar refractivity (Wildman–Crippen MR) is 97.3 cm³/mol. The Morgan fingerprint density at radius 3 is 2.68 bits per heavy atom. The standard InChI is InChI=1S/C20H22N2O3/c1-13-5-4-6-15(9-13)16-11-17(16)20(23)22-21-12-14-7-8-18(24-2)19(10-14)25-3/h4-10,12,16-17H,11H2,1-3H3,(H,22,23)/b21-12-. The second kappa shape index (κ2) is 7.38. The molecule has 2 aromatic rings. The minimum absolute atomic E-state index is 0.00403. The Hall–Kier alpha value is -2.82. The smallest absolute Gasteiger partial charge is 0.243 e. The van der Waals surface area contributed by atoms with Gasteiger partial charge in [0.1, 0.15) is 0 Å². The van der Waals surface area contributed by atoms with Crippen molar-refractivity contribution in [3.63, 3.8) is 0 Å². The third kappa shape index (κ3) is 3.99. The molecule has 1 N–H and O–H groups in total. The van der Waals surface area contributed by atoms with Crippen LogP contribution in [0.15, 0.2) is 47.6 Å². The summed E-state index contributed by atoms with van der Waals surface area (Å²) in [4.78, 5) is 12.2. The van der Waals surface area contributed by atoms with Crippen LogP contribution in [0.5, 0.6) is 11.5 Å². The number of hydrogen-bond donors (Lipinski definition) is 1. The predicted octanol–water partition coefficient (Wildman–Crippen LogP) is 3.27. The number of ether oxygens (including phenoxy) is 2. The zero-order chi connectivity index (χ0) is 17.8. The number of methoxy groups -OCH3 is 2. The number of amides is 1. The van der Waals surface area contributed by atoms with E-state index in [4.69, 9.17) is 9.47 Å². The van der Waals surface area contributed by atoms with E-state index in [0.717, 1.165) is 12.0 Å². The molecule has 3 rings (SSSR count). The van der Waals surface area contributed by atoms with Crippen LogP contribution in [0.2, 0.25) is 0 Å². The number of hydrogen-bond acceptors (Lipinski definition) is 4. The zero-order valence-corrected chi connectivity index (χ0v) is 14.7. The number of nitrogens with one attached hydrogen (secondary N) is 1. The highest BCUT2D eigenvalue weighted by Crippen LogP contribution is 2.47. The molecule has 0 saturated heterocycles. The van der Waals surface area contributed by atoms with Gasteiger partial charge < -0.3 is 9.47 Å². The number of rotatable bonds is 6. The molecule has 0 aromatic heterocycles. The van der Waals surface area contributed by atoms with Gasteiger partial charge in [-0.3, -0.25) is 4.79 Å². The SMILES string of the molecule is COc1ccc(/C=N\NC(=O)C2CC2c2cccc(C)c2)cc1OC. The summed E-state index contributed by atoms with van der Waals surface area (Å²) in [6.07, 6.45) is 2.48. The molecule has 2 atom stereocenters. The second-order valence-corrected chi connectivity index (χ2v) is 6.21. The van der Waals surface area contributed by atoms with E-state index in [1.54, 1.807) is 32.6 Å². The molecule has 25 heavy (non-hydrogen) atoms. The van der Waals surface area contributed by atoms with Gasteiger partial charge in [-0.15, -0.1) is 0 Å². The van der Waals surface area contributed by atoms with Crippen LogP contribution in [0.3, 0.4) is 0 Å². The van der Waals surface area contributed by atoms with E-state index in [2.05, 4.69) is 35.7 Å². The first-order valence-electron chi connectivity index (χ1n) is 8.24. The average Bonchev–Trinajstić information content (AvgIpc) is 3.42. The number of aryl methyl sites for hydroxylation is 1. The van der Waals surface area contributed by atoms with E-state index in [-0.39, 0.29) is 11.8 Å². The lowest BCUT2D eigenvalue weighted by atomic mass is 10.1. The first kappa shape index (κ1) is 17.0. The number of carbonyl (C=O) groups excluding carboxylic acids is 1. The average molecular weight is 338 g/mol. The van der Waals surface area contributed by atoms with Crippen LogP contribution < -0.4 is 14.9 Å². The molecule has 1 amide bonds. The number of hydrazone groups is 1. The van der Waals surface area contributed by atoms with Gasteiger partial charge in [0.2, 0.25) is 5.91 Å². The van der Waals surface area contributed by atoms with Gasteiger partial charge in [0.15, 0.2) is 11.5 Å². The minimum Gasteiger partial charge on any atom is -0.493 e. The van der Waals surface area contributed by atoms with E-state index >= 15 is 0 Å². The molecule has 0 bridgehead atoms. The van der Waals surface area contributed by atoms with Gasteiger partial charge in [-0.25, -0.2) is 5.43 Å². The van der Waals surface area contributed by atoms with Crippen molar-refractivity contribution < 1.29 is 14.3 Å². The van der Waals surface area contributed by atoms with Gasteiger partial charge in [-0.05, 0) is 48.6 Å². The largest absolute Gasteiger partial charge is 0.493 e. The van der Waals surface area contributed by atoms with Gasteiger partial charge in [0, 0.05) is 5.92 Å². The fourth-order valence-electron chi connectivity index (χ4n) is 2.94. The van der Waals surface area contributed by atoms with Crippen molar-refractivity contribution in [1.29, 1.82) is 0 Å². The van der Waals surface area contributed by atoms with E-state index in [9.17, 15) is 4.79 Å². The summed E-state index contributed by atoms with van der Waals surface area (Å²) >= 11 is 0. The molecule has 1 aliphatic rings. The van der Waals surface area contributed by atoms with Gasteiger partial charge in [0.25, 0.3) is 0 Å². The van der Waals surface area contributed by atoms with Crippen molar-refractivity contribution >= 4 is 12.1 Å². The highest BCUT2D eigenvalue weighted by molar-refractivity contribution is 5.86. The van der Waals surface area contributed by atoms with Crippen LogP contribution in [-0.2, 0) is 4.79 Å². The Balaban J connectivity index is 1.57. The Labute approximate surface area is 147 Å². The second-order valence-electron chi connectivity index (χ2n) is 6.21. The minimum atomic E-state index is -0.0387. The first-order valence-corrected chi connectivity index (χ1v) is 8.24. The van der Waals surface area contributed by atoms with Crippen molar-refractivity contribution in [2.45, 2.75) is 19.3 Å². The number of nitrogens with zero attached hydrogens (tertiary/aromatic N) is 1. The van der Waals surface area contributed by atoms with Crippen LogP contribution in [0.4, 0.5) is 0 Å². The van der Waals surface area contributed by atoms with Gasteiger partial charge in [-0.2, -0.15) is 5.10 Å². The van der Waals surface area contributed by atoms with E-state index in [0.29, 0.717) is 17.4 Å². The maximum atomic E-state index is 12.2. The molecule has 2 unspecified atom stereocenters. The fourth-order valence-corrected chi connectivity index (χ4v) is 2.94. The Morgan fingerprint density at radius 1 is 1.16 bits per heavy atom. The summed E-state index contributed by atoms with van der Waals surface area (Å²) in [5, 5.41) is 4.06. The molecule has 5 nitrogen and oxygen atoms in total. The Kier molecular flexibility index (Phi) is 5.03. The first-order chi connectivity index (χ1) is 12.1. The molecular formula is C20H22N2O3. The number of benzene rings is 2. The normalized spacial score (nSPS) is 18.8. The van der Waals surface area contributed by atoms with Crippen molar-refractivity contribution in [3.8, 4) is 11.5 Å². The van der Waals surface area contributed by atoms with Crippen LogP contribution in [0.1, 0.15) is 29.0 Å². The summed E-state index contributed by atoms with van der Waals surface area (Å²) < 4.78 is 10.4. The quantitative estimate of drug-likeness (QED) is 0.649. The molecule has 5 heteroatoms. The Morgan fingerprint density at radius 2 is 1.96 bits per heavy atom. The van der Waals surface area contributed by atoms with Crippen molar-refractivity contribution in [3.05, 3.63) is 59.2 Å². The van der Waals surface area contributed by atoms with E-state index in [1.807, 2.05) is 12.1 Å². The highest BCUT2D eigenvalue weighted by Gasteiger charge is 2.43. The molecule has 2 aromatic carbocycles. The summed E-state index contributed by atoms with van der Waals surface area (Å²) in [5.74, 6) is 1.55. The molecule has 0 radical (unpaired) electrons. The fraction of sp³-hybridized carbons (Fsp3) is 0.300. The van der Waals surface area contributed by atoms with Crippen molar-refractivity contribution in [2.75, 3.05) is 14.2 Å². The van der Waals surface area contributed by atoms with Crippen molar-refractivity contribution in [2.24, 2.45) is 11.0 Å². The van der Waals surface area contributed by atoms with Crippen LogP contribution in [-0.4, -0.2) is 26.3 Å². The van der Waals surface area contributed by atoms with Crippen molar-refractivity contribution in [1.82, 2.24) is 5.43 Å². The third-order valence-corrected chi connectivity index (χ3v) is 4.39. The third-order valence-electron chi connectivity index (χ3n) is 4.39. The summed E-state index contributed by atoms with van der Waals surface area (Å²) in [6, 6.07) is 13.8. The van der Waals surface area contributed by atoms with Crippen LogP contribution in [0.25, 0.3) is 0 Å². The molecule has 0 aliphatic heterocycles. The monoisotopic (exact) mass is 338 g/mol. The maximum absolute atomic E-state index is 12.2. The molecule has 0 spiro atoms. The molecule has 130 valence electrons. The summed E-state index contributed by atoms with van der Waals surface area (Å²) in [6.45, 7) is 2.06. The lowest BCUT2D eigenvalue weighted by Gasteiger charge is -2.07. The summed E-state index contributed by atoms with van der Waals surface area (Å²) in [7, 11) is 3.17. The highest BCUT2D eigenvalue weighted by atomic mass is 16.5. The summed E-state index contributed by atoms with van der Waals surface area (Å²) in [5.41, 5.74) is 5.90. The molecule has 0 heterocycles. The van der Waals surface area contributed by atoms with Gasteiger partial charge in [0.05, 0.1) is 20.4 Å². The Bertz CT molecular complexity index is 801. The van der Waals surface area contributed by atoms with Crippen LogP contribution >= 0.6 is 0 Å². The molecule has 1 fully saturated rings. The van der Waals surface area contributed by atoms with Gasteiger partial charge in [-0.1, -0.05) is 29.8 Å². The van der Waals surface area contributed by atoms with Gasteiger partial charge >= 0.3 is 0 Å². The lowest BCUT2D eigenvalue weighted by molar-refractivity contribution is -0.122. The zero-order valence-electron chi connectivity index (χ0n) is 14.7. The van der Waals surface area contributed by atoms with E-state index in [1.165, 1.54) is 11.1 Å². The lowest BCUT2D eigenvalue weighted by Crippen LogP contribution is -2.20. The molecule has 1 aliphatic carbocycles. The number of carbonyl (C=O) groups is 1. The molecular weight excluding hydrogens is 316 g/mol.